The quantitative estimate of drug-likeness (QED) is 0.634. The third-order valence-electron chi connectivity index (χ3n) is 2.03. The lowest BCUT2D eigenvalue weighted by atomic mass is 10.2. The Balaban J connectivity index is 2.97. The zero-order valence-electron chi connectivity index (χ0n) is 10.5. The van der Waals surface area contributed by atoms with E-state index >= 15 is 0 Å². The van der Waals surface area contributed by atoms with E-state index in [4.69, 9.17) is 26.9 Å². The van der Waals surface area contributed by atoms with Gasteiger partial charge in [-0.15, -0.1) is 0 Å². The molecule has 1 amide bonds. The summed E-state index contributed by atoms with van der Waals surface area (Å²) >= 11 is 5.84. The molecule has 20 heavy (non-hydrogen) atoms. The molecule has 0 aliphatic heterocycles. The summed E-state index contributed by atoms with van der Waals surface area (Å²) in [4.78, 5) is 11.5. The van der Waals surface area contributed by atoms with Gasteiger partial charge < -0.3 is 10.1 Å². The number of halogens is 1. The van der Waals surface area contributed by atoms with Crippen LogP contribution in [0.15, 0.2) is 23.3 Å². The number of ether oxygens (including phenoxy) is 1. The van der Waals surface area contributed by atoms with Crippen LogP contribution in [0.4, 0.5) is 11.4 Å². The summed E-state index contributed by atoms with van der Waals surface area (Å²) in [5, 5.41) is 23.7. The topological polar surface area (TPSA) is 110 Å². The van der Waals surface area contributed by atoms with Gasteiger partial charge in [0.25, 0.3) is 0 Å². The number of carbonyl (C=O) groups is 1. The Morgan fingerprint density at radius 2 is 2.10 bits per heavy atom. The van der Waals surface area contributed by atoms with Crippen molar-refractivity contribution in [1.82, 2.24) is 0 Å². The fourth-order valence-corrected chi connectivity index (χ4v) is 1.40. The molecule has 0 radical (unpaired) electrons. The molecule has 0 bridgehead atoms. The van der Waals surface area contributed by atoms with Gasteiger partial charge in [0.1, 0.15) is 18.7 Å². The summed E-state index contributed by atoms with van der Waals surface area (Å²) < 4.78 is 4.70. The van der Waals surface area contributed by atoms with E-state index in [-0.39, 0.29) is 18.2 Å². The standard InChI is InChI=1S/C12H10ClN5O2/c1-20-7-12(19)16-10-3-2-8(13)4-11(10)18-17-9(5-14)6-15/h2-4,18H,7H2,1H3,(H,16,19). The van der Waals surface area contributed by atoms with E-state index in [2.05, 4.69) is 15.8 Å². The van der Waals surface area contributed by atoms with Gasteiger partial charge in [-0.05, 0) is 18.2 Å². The molecule has 0 aliphatic rings. The highest BCUT2D eigenvalue weighted by atomic mass is 35.5. The predicted octanol–water partition coefficient (Wildman–Crippen LogP) is 1.74. The zero-order chi connectivity index (χ0) is 15.0. The van der Waals surface area contributed by atoms with Crippen molar-refractivity contribution in [1.29, 1.82) is 10.5 Å². The van der Waals surface area contributed by atoms with Gasteiger partial charge in [-0.25, -0.2) is 0 Å². The maximum absolute atomic E-state index is 11.5. The SMILES string of the molecule is COCC(=O)Nc1ccc(Cl)cc1NN=C(C#N)C#N. The van der Waals surface area contributed by atoms with Gasteiger partial charge in [0.2, 0.25) is 11.6 Å². The lowest BCUT2D eigenvalue weighted by Gasteiger charge is -2.10. The highest BCUT2D eigenvalue weighted by Gasteiger charge is 2.07. The molecule has 7 nitrogen and oxygen atoms in total. The summed E-state index contributed by atoms with van der Waals surface area (Å²) in [6, 6.07) is 7.85. The minimum atomic E-state index is -0.359. The highest BCUT2D eigenvalue weighted by molar-refractivity contribution is 6.31. The number of benzene rings is 1. The van der Waals surface area contributed by atoms with Crippen molar-refractivity contribution in [3.8, 4) is 12.1 Å². The Morgan fingerprint density at radius 3 is 2.70 bits per heavy atom. The molecule has 0 spiro atoms. The second-order valence-corrected chi connectivity index (χ2v) is 3.90. The molecule has 8 heteroatoms. The molecular formula is C12H10ClN5O2. The van der Waals surface area contributed by atoms with Crippen LogP contribution in [0.1, 0.15) is 0 Å². The van der Waals surface area contributed by atoms with E-state index in [1.54, 1.807) is 24.3 Å². The van der Waals surface area contributed by atoms with E-state index < -0.39 is 0 Å². The van der Waals surface area contributed by atoms with Crippen molar-refractivity contribution >= 4 is 34.6 Å². The van der Waals surface area contributed by atoms with E-state index in [0.29, 0.717) is 16.4 Å². The number of rotatable bonds is 5. The lowest BCUT2D eigenvalue weighted by molar-refractivity contribution is -0.119. The van der Waals surface area contributed by atoms with E-state index in [1.807, 2.05) is 0 Å². The van der Waals surface area contributed by atoms with Crippen LogP contribution in [-0.2, 0) is 9.53 Å². The molecule has 0 unspecified atom stereocenters. The number of nitrogens with zero attached hydrogens (tertiary/aromatic N) is 3. The molecule has 2 N–H and O–H groups in total. The van der Waals surface area contributed by atoms with Crippen LogP contribution >= 0.6 is 11.6 Å². The predicted molar refractivity (Wildman–Crippen MR) is 74.2 cm³/mol. The van der Waals surface area contributed by atoms with Crippen molar-refractivity contribution in [2.75, 3.05) is 24.5 Å². The van der Waals surface area contributed by atoms with Crippen molar-refractivity contribution in [2.45, 2.75) is 0 Å². The van der Waals surface area contributed by atoms with Crippen molar-refractivity contribution < 1.29 is 9.53 Å². The maximum atomic E-state index is 11.5. The molecular weight excluding hydrogens is 282 g/mol. The average molecular weight is 292 g/mol. The monoisotopic (exact) mass is 291 g/mol. The third-order valence-corrected chi connectivity index (χ3v) is 2.27. The van der Waals surface area contributed by atoms with Crippen LogP contribution in [0.25, 0.3) is 0 Å². The van der Waals surface area contributed by atoms with E-state index in [9.17, 15) is 4.79 Å². The average Bonchev–Trinajstić information content (AvgIpc) is 2.43. The van der Waals surface area contributed by atoms with Gasteiger partial charge in [-0.1, -0.05) is 11.6 Å². The first-order valence-corrected chi connectivity index (χ1v) is 5.70. The summed E-state index contributed by atoms with van der Waals surface area (Å²) in [6.45, 7) is -0.104. The number of carbonyl (C=O) groups excluding carboxylic acids is 1. The molecule has 0 heterocycles. The number of anilines is 2. The smallest absolute Gasteiger partial charge is 0.250 e. The van der Waals surface area contributed by atoms with Crippen LogP contribution in [0.5, 0.6) is 0 Å². The zero-order valence-corrected chi connectivity index (χ0v) is 11.2. The normalized spacial score (nSPS) is 9.00. The first-order valence-electron chi connectivity index (χ1n) is 5.33. The van der Waals surface area contributed by atoms with Crippen molar-refractivity contribution in [3.63, 3.8) is 0 Å². The number of methoxy groups -OCH3 is 1. The molecule has 1 rings (SSSR count). The Kier molecular flexibility index (Phi) is 5.98. The molecule has 0 aromatic heterocycles. The molecule has 0 atom stereocenters. The van der Waals surface area contributed by atoms with Gasteiger partial charge in [0.15, 0.2) is 0 Å². The second kappa shape index (κ2) is 7.74. The maximum Gasteiger partial charge on any atom is 0.250 e. The number of hydrogen-bond donors (Lipinski definition) is 2. The summed E-state index contributed by atoms with van der Waals surface area (Å²) in [7, 11) is 1.40. The number of amides is 1. The third kappa shape index (κ3) is 4.58. The molecule has 1 aromatic rings. The molecule has 1 aromatic carbocycles. The van der Waals surface area contributed by atoms with Crippen LogP contribution in [0.2, 0.25) is 5.02 Å². The Labute approximate surface area is 120 Å². The highest BCUT2D eigenvalue weighted by Crippen LogP contribution is 2.25. The number of nitrogens with one attached hydrogen (secondary N) is 2. The largest absolute Gasteiger partial charge is 0.375 e. The Hall–Kier alpha value is -2.61. The van der Waals surface area contributed by atoms with Crippen LogP contribution in [-0.4, -0.2) is 25.3 Å². The second-order valence-electron chi connectivity index (χ2n) is 3.47. The van der Waals surface area contributed by atoms with Crippen molar-refractivity contribution in [3.05, 3.63) is 23.2 Å². The minimum Gasteiger partial charge on any atom is -0.375 e. The first-order chi connectivity index (χ1) is 9.60. The van der Waals surface area contributed by atoms with Crippen LogP contribution < -0.4 is 10.7 Å². The first kappa shape index (κ1) is 15.4. The van der Waals surface area contributed by atoms with E-state index in [0.717, 1.165) is 0 Å². The summed E-state index contributed by atoms with van der Waals surface area (Å²) in [5.74, 6) is -0.359. The van der Waals surface area contributed by atoms with Crippen LogP contribution in [0, 0.1) is 22.7 Å². The molecule has 0 saturated heterocycles. The Morgan fingerprint density at radius 1 is 1.40 bits per heavy atom. The number of hydrazone groups is 1. The molecule has 0 aliphatic carbocycles. The summed E-state index contributed by atoms with van der Waals surface area (Å²) in [6.07, 6.45) is 0. The molecule has 0 fully saturated rings. The van der Waals surface area contributed by atoms with Gasteiger partial charge in [0, 0.05) is 12.1 Å². The molecule has 0 saturated carbocycles. The van der Waals surface area contributed by atoms with Gasteiger partial charge >= 0.3 is 0 Å². The Bertz CT molecular complexity index is 599. The molecule has 102 valence electrons. The minimum absolute atomic E-state index is 0.104. The fourth-order valence-electron chi connectivity index (χ4n) is 1.23. The van der Waals surface area contributed by atoms with Gasteiger partial charge in [0.05, 0.1) is 11.4 Å². The van der Waals surface area contributed by atoms with Crippen LogP contribution in [0.3, 0.4) is 0 Å². The lowest BCUT2D eigenvalue weighted by Crippen LogP contribution is -2.17. The van der Waals surface area contributed by atoms with Gasteiger partial charge in [-0.2, -0.15) is 15.6 Å². The fraction of sp³-hybridized carbons (Fsp3) is 0.167. The van der Waals surface area contributed by atoms with E-state index in [1.165, 1.54) is 13.2 Å². The number of hydrogen-bond acceptors (Lipinski definition) is 6. The van der Waals surface area contributed by atoms with Crippen molar-refractivity contribution in [2.24, 2.45) is 5.10 Å². The van der Waals surface area contributed by atoms with Gasteiger partial charge in [-0.3, -0.25) is 10.2 Å². The number of nitriles is 2. The summed E-state index contributed by atoms with van der Waals surface area (Å²) in [5.41, 5.74) is 2.91.